The maximum absolute atomic E-state index is 12.6. The topological polar surface area (TPSA) is 57.7 Å². The highest BCUT2D eigenvalue weighted by Gasteiger charge is 2.24. The number of hydrogen-bond acceptors (Lipinski definition) is 3. The monoisotopic (exact) mass is 378 g/mol. The number of carbonyl (C=O) groups is 3. The fourth-order valence-electron chi connectivity index (χ4n) is 3.45. The number of rotatable bonds is 6. The van der Waals surface area contributed by atoms with Gasteiger partial charge in [0.15, 0.2) is 5.78 Å². The molecule has 0 saturated carbocycles. The summed E-state index contributed by atoms with van der Waals surface area (Å²) < 4.78 is 0. The third-order valence-electron chi connectivity index (χ3n) is 5.07. The molecule has 2 aromatic rings. The molecule has 2 amide bonds. The van der Waals surface area contributed by atoms with E-state index in [0.29, 0.717) is 56.6 Å². The average Bonchev–Trinajstić information content (AvgIpc) is 2.73. The first kappa shape index (κ1) is 19.8. The molecule has 5 nitrogen and oxygen atoms in total. The Kier molecular flexibility index (Phi) is 6.58. The van der Waals surface area contributed by atoms with Gasteiger partial charge in [-0.05, 0) is 25.5 Å². The number of Topliss-reactive ketones (excluding diaryl/α,β-unsaturated/α-hetero) is 1. The maximum atomic E-state index is 12.6. The molecule has 0 N–H and O–H groups in total. The van der Waals surface area contributed by atoms with Crippen LogP contribution < -0.4 is 0 Å². The number of piperazine rings is 1. The molecule has 28 heavy (non-hydrogen) atoms. The van der Waals surface area contributed by atoms with E-state index in [1.807, 2.05) is 49.4 Å². The predicted molar refractivity (Wildman–Crippen MR) is 108 cm³/mol. The van der Waals surface area contributed by atoms with E-state index in [2.05, 4.69) is 0 Å². The molecule has 0 radical (unpaired) electrons. The van der Waals surface area contributed by atoms with Crippen molar-refractivity contribution in [1.29, 1.82) is 0 Å². The van der Waals surface area contributed by atoms with E-state index < -0.39 is 0 Å². The summed E-state index contributed by atoms with van der Waals surface area (Å²) in [5.41, 5.74) is 2.45. The Morgan fingerprint density at radius 3 is 2.11 bits per heavy atom. The number of benzene rings is 2. The Morgan fingerprint density at radius 2 is 1.43 bits per heavy atom. The van der Waals surface area contributed by atoms with E-state index in [1.165, 1.54) is 0 Å². The van der Waals surface area contributed by atoms with E-state index in [-0.39, 0.29) is 17.6 Å². The van der Waals surface area contributed by atoms with E-state index in [4.69, 9.17) is 0 Å². The van der Waals surface area contributed by atoms with Gasteiger partial charge in [0.1, 0.15) is 0 Å². The van der Waals surface area contributed by atoms with Gasteiger partial charge in [0.2, 0.25) is 5.91 Å². The van der Waals surface area contributed by atoms with Crippen molar-refractivity contribution in [2.24, 2.45) is 0 Å². The summed E-state index contributed by atoms with van der Waals surface area (Å²) in [4.78, 5) is 40.7. The molecule has 1 aliphatic heterocycles. The van der Waals surface area contributed by atoms with Gasteiger partial charge in [0, 0.05) is 50.1 Å². The smallest absolute Gasteiger partial charge is 0.253 e. The van der Waals surface area contributed by atoms with Crippen LogP contribution in [0.2, 0.25) is 0 Å². The molecule has 0 aromatic heterocycles. The van der Waals surface area contributed by atoms with Crippen LogP contribution in [0, 0.1) is 6.92 Å². The molecule has 0 aliphatic carbocycles. The van der Waals surface area contributed by atoms with Crippen LogP contribution >= 0.6 is 0 Å². The van der Waals surface area contributed by atoms with Crippen molar-refractivity contribution in [1.82, 2.24) is 9.80 Å². The summed E-state index contributed by atoms with van der Waals surface area (Å²) in [6, 6.07) is 16.7. The molecule has 0 spiro atoms. The number of aryl methyl sites for hydroxylation is 1. The van der Waals surface area contributed by atoms with Gasteiger partial charge in [-0.1, -0.05) is 48.0 Å². The molecule has 0 unspecified atom stereocenters. The Balaban J connectivity index is 1.42. The largest absolute Gasteiger partial charge is 0.339 e. The lowest BCUT2D eigenvalue weighted by Crippen LogP contribution is -2.50. The quantitative estimate of drug-likeness (QED) is 0.725. The highest BCUT2D eigenvalue weighted by atomic mass is 16.2. The molecule has 1 saturated heterocycles. The van der Waals surface area contributed by atoms with Gasteiger partial charge < -0.3 is 9.80 Å². The van der Waals surface area contributed by atoms with E-state index in [0.717, 1.165) is 5.56 Å². The zero-order chi connectivity index (χ0) is 19.9. The Bertz CT molecular complexity index is 840. The number of hydrogen-bond donors (Lipinski definition) is 0. The van der Waals surface area contributed by atoms with Crippen LogP contribution in [0.25, 0.3) is 0 Å². The van der Waals surface area contributed by atoms with E-state index in [1.54, 1.807) is 21.9 Å². The zero-order valence-electron chi connectivity index (χ0n) is 16.3. The second kappa shape index (κ2) is 9.31. The fraction of sp³-hybridized carbons (Fsp3) is 0.348. The second-order valence-corrected chi connectivity index (χ2v) is 7.19. The Hall–Kier alpha value is -2.95. The molecule has 146 valence electrons. The molecular formula is C23H26N2O3. The summed E-state index contributed by atoms with van der Waals surface area (Å²) in [6.07, 6.45) is 1.29. The van der Waals surface area contributed by atoms with Crippen LogP contribution in [0.5, 0.6) is 0 Å². The molecule has 5 heteroatoms. The minimum Gasteiger partial charge on any atom is -0.339 e. The van der Waals surface area contributed by atoms with Gasteiger partial charge >= 0.3 is 0 Å². The van der Waals surface area contributed by atoms with Crippen LogP contribution in [0.4, 0.5) is 0 Å². The van der Waals surface area contributed by atoms with E-state index >= 15 is 0 Å². The minimum absolute atomic E-state index is 0.0178. The maximum Gasteiger partial charge on any atom is 0.253 e. The van der Waals surface area contributed by atoms with Gasteiger partial charge in [-0.3, -0.25) is 14.4 Å². The van der Waals surface area contributed by atoms with Gasteiger partial charge in [-0.2, -0.15) is 0 Å². The minimum atomic E-state index is 0.0178. The van der Waals surface area contributed by atoms with Gasteiger partial charge in [0.25, 0.3) is 5.91 Å². The van der Waals surface area contributed by atoms with Gasteiger partial charge in [0.05, 0.1) is 0 Å². The number of nitrogens with zero attached hydrogens (tertiary/aromatic N) is 2. The molecule has 0 atom stereocenters. The van der Waals surface area contributed by atoms with Crippen molar-refractivity contribution >= 4 is 17.6 Å². The van der Waals surface area contributed by atoms with Crippen LogP contribution in [-0.4, -0.2) is 53.6 Å². The SMILES string of the molecule is Cc1cccc(C(=O)N2CCN(C(=O)CCCC(=O)c3ccccc3)CC2)c1. The third-order valence-corrected chi connectivity index (χ3v) is 5.07. The summed E-state index contributed by atoms with van der Waals surface area (Å²) >= 11 is 0. The lowest BCUT2D eigenvalue weighted by Gasteiger charge is -2.35. The first-order chi connectivity index (χ1) is 13.5. The summed E-state index contributed by atoms with van der Waals surface area (Å²) in [5, 5.41) is 0. The van der Waals surface area contributed by atoms with E-state index in [9.17, 15) is 14.4 Å². The van der Waals surface area contributed by atoms with Crippen LogP contribution in [-0.2, 0) is 4.79 Å². The second-order valence-electron chi connectivity index (χ2n) is 7.19. The van der Waals surface area contributed by atoms with Crippen molar-refractivity contribution in [3.05, 3.63) is 71.3 Å². The lowest BCUT2D eigenvalue weighted by molar-refractivity contribution is -0.132. The zero-order valence-corrected chi connectivity index (χ0v) is 16.3. The highest BCUT2D eigenvalue weighted by molar-refractivity contribution is 5.96. The first-order valence-electron chi connectivity index (χ1n) is 9.76. The molecule has 0 bridgehead atoms. The molecule has 1 heterocycles. The standard InChI is InChI=1S/C23H26N2O3/c1-18-7-5-10-20(17-18)23(28)25-15-13-24(14-16-25)22(27)12-6-11-21(26)19-8-3-2-4-9-19/h2-5,7-10,17H,6,11-16H2,1H3. The van der Waals surface area contributed by atoms with Crippen molar-refractivity contribution in [2.75, 3.05) is 26.2 Å². The fourth-order valence-corrected chi connectivity index (χ4v) is 3.45. The molecule has 3 rings (SSSR count). The van der Waals surface area contributed by atoms with Crippen molar-refractivity contribution in [3.8, 4) is 0 Å². The number of carbonyl (C=O) groups excluding carboxylic acids is 3. The van der Waals surface area contributed by atoms with Crippen molar-refractivity contribution in [3.63, 3.8) is 0 Å². The number of amides is 2. The van der Waals surface area contributed by atoms with Crippen LogP contribution in [0.1, 0.15) is 45.5 Å². The summed E-state index contributed by atoms with van der Waals surface area (Å²) in [6.45, 7) is 4.14. The summed E-state index contributed by atoms with van der Waals surface area (Å²) in [5.74, 6) is 0.148. The number of ketones is 1. The average molecular weight is 378 g/mol. The Morgan fingerprint density at radius 1 is 0.786 bits per heavy atom. The molecule has 2 aromatic carbocycles. The normalized spacial score (nSPS) is 14.0. The van der Waals surface area contributed by atoms with Gasteiger partial charge in [-0.25, -0.2) is 0 Å². The van der Waals surface area contributed by atoms with Crippen molar-refractivity contribution < 1.29 is 14.4 Å². The van der Waals surface area contributed by atoms with Crippen LogP contribution in [0.3, 0.4) is 0 Å². The van der Waals surface area contributed by atoms with Gasteiger partial charge in [-0.15, -0.1) is 0 Å². The predicted octanol–water partition coefficient (Wildman–Crippen LogP) is 3.33. The highest BCUT2D eigenvalue weighted by Crippen LogP contribution is 2.13. The Labute approximate surface area is 166 Å². The van der Waals surface area contributed by atoms with Crippen LogP contribution in [0.15, 0.2) is 54.6 Å². The molecular weight excluding hydrogens is 352 g/mol. The molecule has 1 aliphatic rings. The first-order valence-corrected chi connectivity index (χ1v) is 9.76. The molecule has 1 fully saturated rings. The summed E-state index contributed by atoms with van der Waals surface area (Å²) in [7, 11) is 0. The van der Waals surface area contributed by atoms with Crippen molar-refractivity contribution in [2.45, 2.75) is 26.2 Å². The third kappa shape index (κ3) is 5.06. The lowest BCUT2D eigenvalue weighted by atomic mass is 10.1.